The highest BCUT2D eigenvalue weighted by molar-refractivity contribution is 7.80. The first-order valence-electron chi connectivity index (χ1n) is 3.98. The van der Waals surface area contributed by atoms with Crippen LogP contribution in [-0.4, -0.2) is 5.91 Å². The van der Waals surface area contributed by atoms with E-state index in [9.17, 15) is 18.0 Å². The van der Waals surface area contributed by atoms with Crippen molar-refractivity contribution in [3.05, 3.63) is 23.8 Å². The van der Waals surface area contributed by atoms with Gasteiger partial charge in [0.1, 0.15) is 0 Å². The molecule has 1 N–H and O–H groups in total. The van der Waals surface area contributed by atoms with Gasteiger partial charge in [-0.05, 0) is 18.2 Å². The standard InChI is InChI=1S/C9H8F3NOS/c1-5(14)13-6-2-3-8(15)7(4-6)9(10,11)12/h2-4,15H,1H3,(H,13,14). The average molecular weight is 235 g/mol. The van der Waals surface area contributed by atoms with Gasteiger partial charge in [-0.1, -0.05) is 0 Å². The van der Waals surface area contributed by atoms with Gasteiger partial charge in [0.15, 0.2) is 0 Å². The third-order valence-electron chi connectivity index (χ3n) is 1.62. The Morgan fingerprint density at radius 3 is 2.47 bits per heavy atom. The first-order chi connectivity index (χ1) is 6.80. The zero-order chi connectivity index (χ0) is 11.6. The fraction of sp³-hybridized carbons (Fsp3) is 0.222. The van der Waals surface area contributed by atoms with Crippen molar-refractivity contribution >= 4 is 24.2 Å². The van der Waals surface area contributed by atoms with E-state index in [0.29, 0.717) is 0 Å². The third kappa shape index (κ3) is 3.16. The molecule has 0 spiro atoms. The lowest BCUT2D eigenvalue weighted by Crippen LogP contribution is -2.10. The maximum atomic E-state index is 12.4. The summed E-state index contributed by atoms with van der Waals surface area (Å²) >= 11 is 3.70. The lowest BCUT2D eigenvalue weighted by Gasteiger charge is -2.11. The molecule has 0 unspecified atom stereocenters. The molecule has 0 aromatic heterocycles. The smallest absolute Gasteiger partial charge is 0.326 e. The van der Waals surface area contributed by atoms with Gasteiger partial charge < -0.3 is 5.32 Å². The zero-order valence-electron chi connectivity index (χ0n) is 7.72. The molecule has 1 aromatic carbocycles. The van der Waals surface area contributed by atoms with Crippen LogP contribution in [0.2, 0.25) is 0 Å². The van der Waals surface area contributed by atoms with Gasteiger partial charge in [0.2, 0.25) is 5.91 Å². The molecule has 82 valence electrons. The Balaban J connectivity index is 3.11. The van der Waals surface area contributed by atoms with Crippen molar-refractivity contribution in [2.24, 2.45) is 0 Å². The number of hydrogen-bond donors (Lipinski definition) is 2. The predicted octanol–water partition coefficient (Wildman–Crippen LogP) is 2.95. The number of nitrogens with one attached hydrogen (secondary N) is 1. The fourth-order valence-corrected chi connectivity index (χ4v) is 1.31. The number of carbonyl (C=O) groups excluding carboxylic acids is 1. The van der Waals surface area contributed by atoms with E-state index in [4.69, 9.17) is 0 Å². The average Bonchev–Trinajstić information content (AvgIpc) is 2.05. The van der Waals surface area contributed by atoms with E-state index in [1.807, 2.05) is 0 Å². The van der Waals surface area contributed by atoms with Crippen molar-refractivity contribution in [3.8, 4) is 0 Å². The minimum absolute atomic E-state index is 0.104. The van der Waals surface area contributed by atoms with Crippen molar-refractivity contribution in [1.82, 2.24) is 0 Å². The molecule has 0 aliphatic heterocycles. The second-order valence-corrected chi connectivity index (χ2v) is 3.39. The lowest BCUT2D eigenvalue weighted by molar-refractivity contribution is -0.139. The summed E-state index contributed by atoms with van der Waals surface area (Å²) < 4.78 is 37.2. The maximum absolute atomic E-state index is 12.4. The van der Waals surface area contributed by atoms with Crippen LogP contribution in [0.25, 0.3) is 0 Å². The Morgan fingerprint density at radius 2 is 2.00 bits per heavy atom. The molecule has 0 atom stereocenters. The summed E-state index contributed by atoms with van der Waals surface area (Å²) in [5.41, 5.74) is -0.760. The first-order valence-corrected chi connectivity index (χ1v) is 4.43. The molecule has 1 rings (SSSR count). The van der Waals surface area contributed by atoms with Gasteiger partial charge >= 0.3 is 6.18 Å². The maximum Gasteiger partial charge on any atom is 0.417 e. The fourth-order valence-electron chi connectivity index (χ4n) is 1.04. The molecule has 0 saturated carbocycles. The highest BCUT2D eigenvalue weighted by Gasteiger charge is 2.32. The van der Waals surface area contributed by atoms with E-state index >= 15 is 0 Å². The molecule has 0 saturated heterocycles. The van der Waals surface area contributed by atoms with Crippen LogP contribution in [0.15, 0.2) is 23.1 Å². The molecule has 0 aliphatic carbocycles. The molecule has 0 aliphatic rings. The molecule has 0 fully saturated rings. The van der Waals surface area contributed by atoms with E-state index in [2.05, 4.69) is 17.9 Å². The van der Waals surface area contributed by atoms with Gasteiger partial charge in [0.25, 0.3) is 0 Å². The summed E-state index contributed by atoms with van der Waals surface area (Å²) in [4.78, 5) is 10.5. The summed E-state index contributed by atoms with van der Waals surface area (Å²) in [6.07, 6.45) is -4.47. The summed E-state index contributed by atoms with van der Waals surface area (Å²) in [7, 11) is 0. The lowest BCUT2D eigenvalue weighted by atomic mass is 10.2. The normalized spacial score (nSPS) is 11.3. The number of benzene rings is 1. The molecule has 6 heteroatoms. The van der Waals surface area contributed by atoms with E-state index < -0.39 is 17.6 Å². The number of rotatable bonds is 1. The Labute approximate surface area is 89.9 Å². The summed E-state index contributed by atoms with van der Waals surface area (Å²) in [5, 5.41) is 2.27. The van der Waals surface area contributed by atoms with Crippen LogP contribution in [-0.2, 0) is 11.0 Å². The molecule has 2 nitrogen and oxygen atoms in total. The number of hydrogen-bond acceptors (Lipinski definition) is 2. The van der Waals surface area contributed by atoms with E-state index in [1.165, 1.54) is 19.1 Å². The van der Waals surface area contributed by atoms with Gasteiger partial charge in [-0.25, -0.2) is 0 Å². The van der Waals surface area contributed by atoms with Crippen molar-refractivity contribution < 1.29 is 18.0 Å². The minimum Gasteiger partial charge on any atom is -0.326 e. The molecule has 15 heavy (non-hydrogen) atoms. The largest absolute Gasteiger partial charge is 0.417 e. The quantitative estimate of drug-likeness (QED) is 0.720. The van der Waals surface area contributed by atoms with Crippen molar-refractivity contribution in [1.29, 1.82) is 0 Å². The Hall–Kier alpha value is -1.17. The van der Waals surface area contributed by atoms with Crippen LogP contribution in [0.4, 0.5) is 18.9 Å². The van der Waals surface area contributed by atoms with E-state index in [1.54, 1.807) is 0 Å². The monoisotopic (exact) mass is 235 g/mol. The van der Waals surface area contributed by atoms with Crippen molar-refractivity contribution in [2.45, 2.75) is 18.0 Å². The van der Waals surface area contributed by atoms with Crippen LogP contribution in [0, 0.1) is 0 Å². The molecular formula is C9H8F3NOS. The number of thiol groups is 1. The van der Waals surface area contributed by atoms with Gasteiger partial charge in [-0.15, -0.1) is 12.6 Å². The van der Waals surface area contributed by atoms with E-state index in [-0.39, 0.29) is 10.6 Å². The SMILES string of the molecule is CC(=O)Nc1ccc(S)c(C(F)(F)F)c1. The second-order valence-electron chi connectivity index (χ2n) is 2.91. The highest BCUT2D eigenvalue weighted by atomic mass is 32.1. The van der Waals surface area contributed by atoms with Crippen molar-refractivity contribution in [3.63, 3.8) is 0 Å². The number of anilines is 1. The summed E-state index contributed by atoms with van der Waals surface area (Å²) in [6.45, 7) is 1.22. The third-order valence-corrected chi connectivity index (χ3v) is 2.01. The molecular weight excluding hydrogens is 227 g/mol. The molecule has 0 radical (unpaired) electrons. The van der Waals surface area contributed by atoms with Crippen molar-refractivity contribution in [2.75, 3.05) is 5.32 Å². The van der Waals surface area contributed by atoms with Gasteiger partial charge in [-0.3, -0.25) is 4.79 Å². The number of halogens is 3. The number of carbonyl (C=O) groups is 1. The zero-order valence-corrected chi connectivity index (χ0v) is 8.62. The number of amides is 1. The van der Waals surface area contributed by atoms with Gasteiger partial charge in [-0.2, -0.15) is 13.2 Å². The van der Waals surface area contributed by atoms with Gasteiger partial charge in [0.05, 0.1) is 5.56 Å². The molecule has 0 bridgehead atoms. The summed E-state index contributed by atoms with van der Waals surface area (Å²) in [5.74, 6) is -0.421. The topological polar surface area (TPSA) is 29.1 Å². The minimum atomic E-state index is -4.47. The van der Waals surface area contributed by atoms with E-state index in [0.717, 1.165) is 6.07 Å². The second kappa shape index (κ2) is 4.14. The highest BCUT2D eigenvalue weighted by Crippen LogP contribution is 2.35. The Kier molecular flexibility index (Phi) is 3.28. The van der Waals surface area contributed by atoms with Gasteiger partial charge in [0, 0.05) is 17.5 Å². The van der Waals surface area contributed by atoms with Crippen LogP contribution in [0.1, 0.15) is 12.5 Å². The molecule has 0 heterocycles. The van der Waals surface area contributed by atoms with Crippen LogP contribution in [0.5, 0.6) is 0 Å². The first kappa shape index (κ1) is 11.9. The van der Waals surface area contributed by atoms with Crippen LogP contribution >= 0.6 is 12.6 Å². The van der Waals surface area contributed by atoms with Crippen LogP contribution in [0.3, 0.4) is 0 Å². The molecule has 1 amide bonds. The Bertz CT molecular complexity index is 389. The Morgan fingerprint density at radius 1 is 1.40 bits per heavy atom. The molecule has 1 aromatic rings. The number of alkyl halides is 3. The predicted molar refractivity (Wildman–Crippen MR) is 53.0 cm³/mol. The summed E-state index contributed by atoms with van der Waals surface area (Å²) in [6, 6.07) is 3.40. The van der Waals surface area contributed by atoms with Crippen LogP contribution < -0.4 is 5.32 Å².